The first kappa shape index (κ1) is 28.4. The van der Waals surface area contributed by atoms with E-state index in [0.717, 1.165) is 51.0 Å². The van der Waals surface area contributed by atoms with Gasteiger partial charge < -0.3 is 34.0 Å². The lowest BCUT2D eigenvalue weighted by Gasteiger charge is -2.26. The zero-order valence-corrected chi connectivity index (χ0v) is 24.2. The molecule has 1 amide bonds. The first-order chi connectivity index (χ1) is 18.8. The van der Waals surface area contributed by atoms with Crippen molar-refractivity contribution < 1.29 is 28.2 Å². The van der Waals surface area contributed by atoms with Crippen LogP contribution in [0, 0.1) is 0 Å². The van der Waals surface area contributed by atoms with Crippen LogP contribution >= 0.6 is 0 Å². The number of nitrogens with one attached hydrogen (secondary N) is 2. The number of furan rings is 1. The molecule has 1 aliphatic heterocycles. The summed E-state index contributed by atoms with van der Waals surface area (Å²) in [5.41, 5.74) is 0.301. The van der Waals surface area contributed by atoms with Crippen LogP contribution in [0.5, 0.6) is 23.3 Å². The van der Waals surface area contributed by atoms with Gasteiger partial charge in [-0.1, -0.05) is 19.6 Å². The van der Waals surface area contributed by atoms with Gasteiger partial charge in [-0.15, -0.1) is 0 Å². The van der Waals surface area contributed by atoms with Crippen LogP contribution in [0.25, 0.3) is 0 Å². The molecule has 1 aliphatic rings. The molecule has 0 bridgehead atoms. The molecule has 1 fully saturated rings. The number of amides is 1. The van der Waals surface area contributed by atoms with Gasteiger partial charge in [0.15, 0.2) is 11.5 Å². The summed E-state index contributed by atoms with van der Waals surface area (Å²) < 4.78 is 27.9. The number of hydrogen-bond donors (Lipinski definition) is 2. The SMILES string of the molecule is COc1cc(NCCCN2CCOCC2)nc(OC)c1NC(=O)c1ccc(Oc2cncc([Si](C)(C)C)c2)o1. The van der Waals surface area contributed by atoms with E-state index < -0.39 is 14.0 Å². The molecule has 11 nitrogen and oxygen atoms in total. The maximum atomic E-state index is 13.0. The molecule has 0 atom stereocenters. The van der Waals surface area contributed by atoms with Crippen molar-refractivity contribution in [3.05, 3.63) is 42.4 Å². The predicted molar refractivity (Wildman–Crippen MR) is 152 cm³/mol. The molecule has 0 saturated carbocycles. The van der Waals surface area contributed by atoms with Crippen molar-refractivity contribution in [3.63, 3.8) is 0 Å². The van der Waals surface area contributed by atoms with Crippen LogP contribution in [0.4, 0.5) is 11.5 Å². The van der Waals surface area contributed by atoms with Crippen molar-refractivity contribution in [1.29, 1.82) is 0 Å². The Labute approximate surface area is 229 Å². The monoisotopic (exact) mass is 555 g/mol. The summed E-state index contributed by atoms with van der Waals surface area (Å²) in [5.74, 6) is 1.52. The van der Waals surface area contributed by atoms with Crippen LogP contribution < -0.4 is 30.0 Å². The third-order valence-corrected chi connectivity index (χ3v) is 8.27. The van der Waals surface area contributed by atoms with Gasteiger partial charge in [-0.25, -0.2) is 0 Å². The van der Waals surface area contributed by atoms with Crippen LogP contribution in [0.2, 0.25) is 19.6 Å². The maximum absolute atomic E-state index is 13.0. The van der Waals surface area contributed by atoms with Gasteiger partial charge in [-0.2, -0.15) is 4.98 Å². The van der Waals surface area contributed by atoms with Gasteiger partial charge in [0, 0.05) is 38.0 Å². The second kappa shape index (κ2) is 13.0. The van der Waals surface area contributed by atoms with Gasteiger partial charge in [0.1, 0.15) is 17.3 Å². The lowest BCUT2D eigenvalue weighted by atomic mass is 10.3. The second-order valence-corrected chi connectivity index (χ2v) is 15.2. The van der Waals surface area contributed by atoms with Gasteiger partial charge in [-0.3, -0.25) is 14.7 Å². The highest BCUT2D eigenvalue weighted by Crippen LogP contribution is 2.36. The average molecular weight is 556 g/mol. The molecule has 3 aromatic rings. The molecular formula is C27H37N5O6Si. The van der Waals surface area contributed by atoms with Gasteiger partial charge in [-0.05, 0) is 30.3 Å². The third-order valence-electron chi connectivity index (χ3n) is 6.27. The number of carbonyl (C=O) groups excluding carboxylic acids is 1. The number of hydrogen-bond acceptors (Lipinski definition) is 10. The summed E-state index contributed by atoms with van der Waals surface area (Å²) in [7, 11) is 1.45. The van der Waals surface area contributed by atoms with E-state index in [2.05, 4.69) is 45.1 Å². The molecule has 4 heterocycles. The van der Waals surface area contributed by atoms with E-state index in [1.165, 1.54) is 20.3 Å². The van der Waals surface area contributed by atoms with E-state index in [1.807, 2.05) is 12.3 Å². The maximum Gasteiger partial charge on any atom is 0.291 e. The Morgan fingerprint density at radius 3 is 2.62 bits per heavy atom. The molecule has 1 saturated heterocycles. The normalized spacial score (nSPS) is 14.1. The smallest absolute Gasteiger partial charge is 0.291 e. The van der Waals surface area contributed by atoms with Gasteiger partial charge >= 0.3 is 0 Å². The van der Waals surface area contributed by atoms with Crippen molar-refractivity contribution in [2.24, 2.45) is 0 Å². The van der Waals surface area contributed by atoms with Gasteiger partial charge in [0.2, 0.25) is 5.88 Å². The molecule has 2 N–H and O–H groups in total. The summed E-state index contributed by atoms with van der Waals surface area (Å²) >= 11 is 0. The zero-order valence-electron chi connectivity index (χ0n) is 23.2. The highest BCUT2D eigenvalue weighted by molar-refractivity contribution is 6.88. The fraction of sp³-hybridized carbons (Fsp3) is 0.444. The van der Waals surface area contributed by atoms with Crippen LogP contribution in [-0.4, -0.2) is 82.5 Å². The molecule has 0 radical (unpaired) electrons. The molecule has 0 spiro atoms. The number of nitrogens with zero attached hydrogens (tertiary/aromatic N) is 3. The number of rotatable bonds is 12. The Morgan fingerprint density at radius 1 is 1.10 bits per heavy atom. The largest absolute Gasteiger partial charge is 0.494 e. The molecular weight excluding hydrogens is 518 g/mol. The number of pyridine rings is 2. The minimum absolute atomic E-state index is 0.0636. The minimum Gasteiger partial charge on any atom is -0.494 e. The number of morpholine rings is 1. The van der Waals surface area contributed by atoms with Gasteiger partial charge in [0.25, 0.3) is 11.9 Å². The van der Waals surface area contributed by atoms with E-state index in [4.69, 9.17) is 23.4 Å². The van der Waals surface area contributed by atoms with Crippen molar-refractivity contribution >= 4 is 30.7 Å². The zero-order chi connectivity index (χ0) is 27.8. The Kier molecular flexibility index (Phi) is 9.44. The van der Waals surface area contributed by atoms with Crippen LogP contribution in [0.15, 0.2) is 41.1 Å². The predicted octanol–water partition coefficient (Wildman–Crippen LogP) is 3.81. The molecule has 210 valence electrons. The molecule has 3 aromatic heterocycles. The highest BCUT2D eigenvalue weighted by Gasteiger charge is 2.21. The Morgan fingerprint density at radius 2 is 1.90 bits per heavy atom. The van der Waals surface area contributed by atoms with E-state index in [1.54, 1.807) is 18.3 Å². The fourth-order valence-corrected chi connectivity index (χ4v) is 5.07. The summed E-state index contributed by atoms with van der Waals surface area (Å²) in [6.07, 6.45) is 4.43. The van der Waals surface area contributed by atoms with Crippen molar-refractivity contribution in [2.75, 3.05) is 64.2 Å². The number of aromatic nitrogens is 2. The number of anilines is 2. The van der Waals surface area contributed by atoms with Crippen LogP contribution in [0.1, 0.15) is 17.0 Å². The van der Waals surface area contributed by atoms with Crippen molar-refractivity contribution in [2.45, 2.75) is 26.1 Å². The summed E-state index contributed by atoms with van der Waals surface area (Å²) in [6.45, 7) is 11.9. The topological polar surface area (TPSA) is 120 Å². The van der Waals surface area contributed by atoms with E-state index in [9.17, 15) is 4.79 Å². The molecule has 4 rings (SSSR count). The van der Waals surface area contributed by atoms with E-state index in [0.29, 0.717) is 23.0 Å². The molecule has 39 heavy (non-hydrogen) atoms. The summed E-state index contributed by atoms with van der Waals surface area (Å²) in [6, 6.07) is 6.81. The number of ether oxygens (including phenoxy) is 4. The lowest BCUT2D eigenvalue weighted by molar-refractivity contribution is 0.0378. The molecule has 0 aromatic carbocycles. The summed E-state index contributed by atoms with van der Waals surface area (Å²) in [5, 5.41) is 7.25. The molecule has 0 aliphatic carbocycles. The Balaban J connectivity index is 1.39. The second-order valence-electron chi connectivity index (χ2n) is 10.2. The minimum atomic E-state index is -1.55. The molecule has 12 heteroatoms. The average Bonchev–Trinajstić information content (AvgIpc) is 3.40. The number of methoxy groups -OCH3 is 2. The number of carbonyl (C=O) groups is 1. The van der Waals surface area contributed by atoms with Crippen molar-refractivity contribution in [1.82, 2.24) is 14.9 Å². The van der Waals surface area contributed by atoms with Crippen LogP contribution in [0.3, 0.4) is 0 Å². The summed E-state index contributed by atoms with van der Waals surface area (Å²) in [4.78, 5) is 24.2. The van der Waals surface area contributed by atoms with E-state index in [-0.39, 0.29) is 17.6 Å². The third kappa shape index (κ3) is 7.71. The molecule has 0 unspecified atom stereocenters. The fourth-order valence-electron chi connectivity index (χ4n) is 4.03. The van der Waals surface area contributed by atoms with E-state index >= 15 is 0 Å². The van der Waals surface area contributed by atoms with Gasteiger partial charge in [0.05, 0.1) is 41.7 Å². The first-order valence-electron chi connectivity index (χ1n) is 13.0. The van der Waals surface area contributed by atoms with Crippen LogP contribution in [-0.2, 0) is 4.74 Å². The Hall–Kier alpha value is -3.61. The lowest BCUT2D eigenvalue weighted by Crippen LogP contribution is -2.37. The highest BCUT2D eigenvalue weighted by atomic mass is 28.3. The van der Waals surface area contributed by atoms with Crippen molar-refractivity contribution in [3.8, 4) is 23.3 Å². The standard InChI is InChI=1S/C27H37N5O6Si/c1-34-22-16-23(29-9-6-10-32-11-13-36-14-12-32)30-27(35-2)25(22)31-26(33)21-7-8-24(38-21)37-19-15-20(18-28-17-19)39(3,4)5/h7-8,15-18H,6,9-14H2,1-5H3,(H,29,30)(H,31,33). The quantitative estimate of drug-likeness (QED) is 0.252. The first-order valence-corrected chi connectivity index (χ1v) is 16.5. The Bertz CT molecular complexity index is 1230.